The van der Waals surface area contributed by atoms with Gasteiger partial charge in [0, 0.05) is 99.6 Å². The summed E-state index contributed by atoms with van der Waals surface area (Å²) in [6.45, 7) is 7.47. The molecule has 0 radical (unpaired) electrons. The fraction of sp³-hybridized carbons (Fsp3) is 0.368. The third kappa shape index (κ3) is 12.1. The van der Waals surface area contributed by atoms with E-state index in [4.69, 9.17) is 21.3 Å². The quantitative estimate of drug-likeness (QED) is 0.0688. The molecule has 1 saturated carbocycles. The topological polar surface area (TPSA) is 226 Å². The van der Waals surface area contributed by atoms with Crippen molar-refractivity contribution in [2.45, 2.75) is 57.6 Å². The molecule has 3 unspecified atom stereocenters. The molecule has 3 atom stereocenters. The van der Waals surface area contributed by atoms with Crippen molar-refractivity contribution in [2.24, 2.45) is 0 Å². The highest BCUT2D eigenvalue weighted by Gasteiger charge is 2.40. The normalized spacial score (nSPS) is 17.8. The molecule has 0 spiro atoms. The molecule has 6 N–H and O–H groups in total. The number of benzene rings is 2. The molecule has 6 aromatic rings. The van der Waals surface area contributed by atoms with E-state index < -0.39 is 52.3 Å². The van der Waals surface area contributed by atoms with E-state index >= 15 is 17.6 Å². The highest BCUT2D eigenvalue weighted by molar-refractivity contribution is 5.96. The van der Waals surface area contributed by atoms with Crippen molar-refractivity contribution in [3.63, 3.8) is 0 Å². The Morgan fingerprint density at radius 1 is 0.654 bits per heavy atom. The van der Waals surface area contributed by atoms with Crippen LogP contribution in [-0.4, -0.2) is 162 Å². The second kappa shape index (κ2) is 24.6. The Labute approximate surface area is 448 Å². The highest BCUT2D eigenvalue weighted by Crippen LogP contribution is 2.40. The summed E-state index contributed by atoms with van der Waals surface area (Å²) < 4.78 is 69.0. The molecule has 2 aliphatic heterocycles. The number of nitrogens with zero attached hydrogens (tertiary/aromatic N) is 10. The maximum atomic E-state index is 16.0. The molecule has 404 valence electrons. The van der Waals surface area contributed by atoms with Gasteiger partial charge in [0.2, 0.25) is 0 Å². The molecule has 3 fully saturated rings. The number of hydrogen-bond donors (Lipinski definition) is 4. The molecule has 0 bridgehead atoms. The van der Waals surface area contributed by atoms with Crippen molar-refractivity contribution in [3.8, 4) is 46.2 Å². The summed E-state index contributed by atoms with van der Waals surface area (Å²) in [6, 6.07) is 9.12. The number of piperazine rings is 2. The second-order valence-corrected chi connectivity index (χ2v) is 19.2. The van der Waals surface area contributed by atoms with Crippen LogP contribution in [0.15, 0.2) is 67.5 Å². The molecular weight excluding hydrogens is 1010 g/mol. The van der Waals surface area contributed by atoms with Gasteiger partial charge in [-0.2, -0.15) is 0 Å². The number of aryl methyl sites for hydroxylation is 2. The second-order valence-electron chi connectivity index (χ2n) is 19.2. The van der Waals surface area contributed by atoms with E-state index in [9.17, 15) is 14.7 Å². The molecule has 3 aliphatic rings. The van der Waals surface area contributed by atoms with E-state index in [0.29, 0.717) is 110 Å². The zero-order valence-corrected chi connectivity index (χ0v) is 43.2. The van der Waals surface area contributed by atoms with Gasteiger partial charge in [-0.15, -0.1) is 0 Å². The number of aromatic nitrogens is 6. The van der Waals surface area contributed by atoms with Gasteiger partial charge in [-0.25, -0.2) is 47.5 Å². The number of carbonyl (C=O) groups is 2. The average molecular weight is 1070 g/mol. The number of carbonyl (C=O) groups excluding carboxylic acids is 2. The fourth-order valence-electron chi connectivity index (χ4n) is 10.3. The molecule has 4 aromatic heterocycles. The Kier molecular flexibility index (Phi) is 17.3. The number of amides is 2. The Morgan fingerprint density at radius 2 is 1.18 bits per heavy atom. The van der Waals surface area contributed by atoms with Gasteiger partial charge in [-0.1, -0.05) is 37.5 Å². The summed E-state index contributed by atoms with van der Waals surface area (Å²) in [5.74, 6) is 6.92. The molecular formula is C57H58F4N12O5. The third-order valence-corrected chi connectivity index (χ3v) is 14.4. The number of aliphatic hydroxyl groups is 2. The number of hydrogen-bond acceptors (Lipinski definition) is 15. The number of nitrogens with two attached hydrogens (primary N) is 2. The maximum Gasteiger partial charge on any atom is 0.259 e. The zero-order valence-electron chi connectivity index (χ0n) is 43.2. The van der Waals surface area contributed by atoms with Crippen LogP contribution in [0, 0.1) is 47.0 Å². The van der Waals surface area contributed by atoms with Gasteiger partial charge >= 0.3 is 0 Å². The monoisotopic (exact) mass is 1070 g/mol. The molecule has 9 rings (SSSR count). The van der Waals surface area contributed by atoms with Crippen LogP contribution in [0.1, 0.15) is 92.5 Å². The lowest BCUT2D eigenvalue weighted by Gasteiger charge is -2.39. The predicted molar refractivity (Wildman–Crippen MR) is 282 cm³/mol. The number of aliphatic hydroxyl groups excluding tert-OH is 2. The molecule has 6 heterocycles. The Balaban J connectivity index is 0.854. The summed E-state index contributed by atoms with van der Waals surface area (Å²) in [7, 11) is 0. The first-order chi connectivity index (χ1) is 37.7. The van der Waals surface area contributed by atoms with Crippen LogP contribution in [0.5, 0.6) is 0 Å². The first-order valence-electron chi connectivity index (χ1n) is 25.8. The molecule has 1 aliphatic carbocycles. The van der Waals surface area contributed by atoms with Gasteiger partial charge < -0.3 is 36.2 Å². The van der Waals surface area contributed by atoms with Crippen molar-refractivity contribution >= 4 is 23.5 Å². The molecule has 2 saturated heterocycles. The zero-order chi connectivity index (χ0) is 55.0. The number of halogens is 4. The molecule has 17 nitrogen and oxygen atoms in total. The first-order valence-corrected chi connectivity index (χ1v) is 25.8. The van der Waals surface area contributed by atoms with E-state index in [1.54, 1.807) is 18.2 Å². The predicted octanol–water partition coefficient (Wildman–Crippen LogP) is 4.87. The molecule has 2 aromatic carbocycles. The minimum atomic E-state index is -1.04. The van der Waals surface area contributed by atoms with Gasteiger partial charge in [0.25, 0.3) is 11.8 Å². The van der Waals surface area contributed by atoms with E-state index in [1.165, 1.54) is 34.8 Å². The van der Waals surface area contributed by atoms with Crippen LogP contribution in [0.2, 0.25) is 0 Å². The Bertz CT molecular complexity index is 3280. The first kappa shape index (κ1) is 54.9. The molecule has 78 heavy (non-hydrogen) atoms. The van der Waals surface area contributed by atoms with Gasteiger partial charge in [0.15, 0.2) is 0 Å². The van der Waals surface area contributed by atoms with Gasteiger partial charge in [-0.3, -0.25) is 19.4 Å². The fourth-order valence-corrected chi connectivity index (χ4v) is 10.3. The van der Waals surface area contributed by atoms with Gasteiger partial charge in [-0.05, 0) is 79.6 Å². The standard InChI is InChI=1S/C57H58F4N12O5/c1-3-46-39(8-5-34-7-10-50(62)64-30-34)53(68-32-66-46)37-24-44(60)52(45(61)25-37)57(77)73-17-15-71(16-18-73)48-28-36(29-49(48)75)41-23-35(31-65-55(41)63)6-9-40-47(4-2)67-33-69-54(40)38-26-42(58)51(43(59)27-38)56(76)72-13-11-70(12-14-72)19-21-78-22-20-74/h7,10,23-27,30-33,36,48-49,74-75H,3-4,11-22,28-29H2,1-2H3,(H2,62,64)(H2,63,65). The SMILES string of the molecule is CCc1ncnc(-c2cc(F)c(C(=O)N3CCN(CCOCCO)CC3)c(F)c2)c1C#Cc1cnc(N)c(C2CC(O)C(N3CCN(C(=O)c4c(F)cc(-c5ncnc(CC)c5C#Cc5ccc(N)nc5)cc4F)CC3)C2)c1. The largest absolute Gasteiger partial charge is 0.394 e. The van der Waals surface area contributed by atoms with Crippen molar-refractivity contribution in [1.82, 2.24) is 49.5 Å². The van der Waals surface area contributed by atoms with Crippen LogP contribution in [0.4, 0.5) is 29.2 Å². The van der Waals surface area contributed by atoms with E-state index in [1.807, 2.05) is 13.8 Å². The highest BCUT2D eigenvalue weighted by atomic mass is 19.1. The smallest absolute Gasteiger partial charge is 0.259 e. The maximum absolute atomic E-state index is 16.0. The van der Waals surface area contributed by atoms with Crippen LogP contribution in [-0.2, 0) is 17.6 Å². The number of nitrogen functional groups attached to an aromatic ring is 2. The summed E-state index contributed by atoms with van der Waals surface area (Å²) in [6.07, 6.45) is 6.61. The van der Waals surface area contributed by atoms with Crippen molar-refractivity contribution in [3.05, 3.63) is 141 Å². The van der Waals surface area contributed by atoms with Crippen LogP contribution < -0.4 is 11.5 Å². The van der Waals surface area contributed by atoms with E-state index in [-0.39, 0.29) is 79.7 Å². The van der Waals surface area contributed by atoms with Crippen LogP contribution >= 0.6 is 0 Å². The summed E-state index contributed by atoms with van der Waals surface area (Å²) in [5.41, 5.74) is 14.9. The van der Waals surface area contributed by atoms with Crippen LogP contribution in [0.25, 0.3) is 22.5 Å². The minimum absolute atomic E-state index is 0.0726. The van der Waals surface area contributed by atoms with Crippen molar-refractivity contribution in [1.29, 1.82) is 0 Å². The molecule has 21 heteroatoms. The minimum Gasteiger partial charge on any atom is -0.394 e. The van der Waals surface area contributed by atoms with Crippen LogP contribution in [0.3, 0.4) is 0 Å². The number of pyridine rings is 2. The lowest BCUT2D eigenvalue weighted by molar-refractivity contribution is 0.0311. The lowest BCUT2D eigenvalue weighted by atomic mass is 9.96. The number of ether oxygens (including phenoxy) is 1. The van der Waals surface area contributed by atoms with Crippen molar-refractivity contribution < 1.29 is 42.1 Å². The summed E-state index contributed by atoms with van der Waals surface area (Å²) >= 11 is 0. The van der Waals surface area contributed by atoms with Crippen molar-refractivity contribution in [2.75, 3.05) is 90.2 Å². The third-order valence-electron chi connectivity index (χ3n) is 14.4. The Hall–Kier alpha value is -7.92. The lowest BCUT2D eigenvalue weighted by Crippen LogP contribution is -2.53. The summed E-state index contributed by atoms with van der Waals surface area (Å²) in [5, 5.41) is 20.4. The number of anilines is 2. The van der Waals surface area contributed by atoms with E-state index in [2.05, 4.69) is 63.4 Å². The summed E-state index contributed by atoms with van der Waals surface area (Å²) in [4.78, 5) is 60.1. The van der Waals surface area contributed by atoms with E-state index in [0.717, 1.165) is 24.3 Å². The molecule has 2 amide bonds. The number of rotatable bonds is 13. The van der Waals surface area contributed by atoms with Gasteiger partial charge in [0.1, 0.15) is 58.7 Å². The average Bonchev–Trinajstić information content (AvgIpc) is 3.86. The van der Waals surface area contributed by atoms with Gasteiger partial charge in [0.05, 0.1) is 59.8 Å². The Morgan fingerprint density at radius 3 is 1.69 bits per heavy atom.